The van der Waals surface area contributed by atoms with Crippen LogP contribution in [0.5, 0.6) is 0 Å². The van der Waals surface area contributed by atoms with Crippen LogP contribution in [0, 0.1) is 6.92 Å². The van der Waals surface area contributed by atoms with E-state index in [9.17, 15) is 22.8 Å². The Hall–Kier alpha value is -2.85. The zero-order valence-electron chi connectivity index (χ0n) is 14.5. The van der Waals surface area contributed by atoms with Crippen molar-refractivity contribution in [2.45, 2.75) is 38.5 Å². The molecule has 1 fully saturated rings. The maximum Gasteiger partial charge on any atom is 0.435 e. The van der Waals surface area contributed by atoms with Gasteiger partial charge in [-0.05, 0) is 25.8 Å². The first kappa shape index (κ1) is 18.9. The van der Waals surface area contributed by atoms with Crippen molar-refractivity contribution in [2.24, 2.45) is 0 Å². The molecule has 1 N–H and O–H groups in total. The average molecular weight is 385 g/mol. The van der Waals surface area contributed by atoms with Gasteiger partial charge >= 0.3 is 12.1 Å². The highest BCUT2D eigenvalue weighted by Gasteiger charge is 2.34. The molecule has 0 atom stereocenters. The number of carboxylic acid groups (broad SMARTS) is 1. The van der Waals surface area contributed by atoms with Crippen LogP contribution in [-0.4, -0.2) is 54.5 Å². The molecule has 0 aliphatic carbocycles. The number of nitrogens with zero attached hydrogens (tertiary/aromatic N) is 5. The van der Waals surface area contributed by atoms with Gasteiger partial charge < -0.3 is 10.0 Å². The molecule has 1 aliphatic rings. The van der Waals surface area contributed by atoms with Gasteiger partial charge in [-0.1, -0.05) is 0 Å². The van der Waals surface area contributed by atoms with E-state index >= 15 is 0 Å². The van der Waals surface area contributed by atoms with Crippen molar-refractivity contribution in [1.82, 2.24) is 24.5 Å². The van der Waals surface area contributed by atoms with Crippen LogP contribution in [0.15, 0.2) is 18.5 Å². The molecule has 3 rings (SSSR count). The van der Waals surface area contributed by atoms with Gasteiger partial charge in [-0.15, -0.1) is 0 Å². The van der Waals surface area contributed by atoms with Gasteiger partial charge in [-0.25, -0.2) is 4.79 Å². The fourth-order valence-corrected chi connectivity index (χ4v) is 3.20. The number of amides is 1. The summed E-state index contributed by atoms with van der Waals surface area (Å²) in [4.78, 5) is 25.0. The summed E-state index contributed by atoms with van der Waals surface area (Å²) in [6.45, 7) is 2.26. The third kappa shape index (κ3) is 3.96. The largest absolute Gasteiger partial charge is 0.478 e. The summed E-state index contributed by atoms with van der Waals surface area (Å²) >= 11 is 0. The molecule has 27 heavy (non-hydrogen) atoms. The predicted octanol–water partition coefficient (Wildman–Crippen LogP) is 1.97. The van der Waals surface area contributed by atoms with E-state index < -0.39 is 17.8 Å². The Labute approximate surface area is 152 Å². The van der Waals surface area contributed by atoms with Crippen molar-refractivity contribution >= 4 is 11.9 Å². The minimum absolute atomic E-state index is 0.0244. The van der Waals surface area contributed by atoms with Crippen molar-refractivity contribution < 1.29 is 27.9 Å². The second kappa shape index (κ2) is 7.05. The molecule has 146 valence electrons. The summed E-state index contributed by atoms with van der Waals surface area (Å²) in [5, 5.41) is 16.6. The summed E-state index contributed by atoms with van der Waals surface area (Å²) < 4.78 is 40.3. The number of alkyl halides is 3. The molecule has 0 radical (unpaired) electrons. The summed E-state index contributed by atoms with van der Waals surface area (Å²) in [5.41, 5.74) is -0.325. The fourth-order valence-electron chi connectivity index (χ4n) is 3.20. The van der Waals surface area contributed by atoms with Gasteiger partial charge in [0.15, 0.2) is 5.69 Å². The molecule has 0 spiro atoms. The van der Waals surface area contributed by atoms with Gasteiger partial charge in [-0.3, -0.25) is 14.2 Å². The molecular weight excluding hydrogens is 367 g/mol. The molecular formula is C16H18F3N5O3. The maximum atomic E-state index is 12.6. The number of aromatic nitrogens is 4. The van der Waals surface area contributed by atoms with Gasteiger partial charge in [0.25, 0.3) is 0 Å². The third-order valence-corrected chi connectivity index (χ3v) is 4.67. The van der Waals surface area contributed by atoms with Crippen LogP contribution in [-0.2, 0) is 17.5 Å². The summed E-state index contributed by atoms with van der Waals surface area (Å²) in [5.74, 6) is -1.35. The Balaban J connectivity index is 1.58. The number of aromatic carboxylic acids is 1. The predicted molar refractivity (Wildman–Crippen MR) is 86.0 cm³/mol. The van der Waals surface area contributed by atoms with E-state index in [-0.39, 0.29) is 24.1 Å². The van der Waals surface area contributed by atoms with E-state index in [2.05, 4.69) is 10.2 Å². The number of carbonyl (C=O) groups is 2. The van der Waals surface area contributed by atoms with Gasteiger partial charge in [0.05, 0.1) is 17.9 Å². The monoisotopic (exact) mass is 385 g/mol. The smallest absolute Gasteiger partial charge is 0.435 e. The molecule has 2 aromatic rings. The van der Waals surface area contributed by atoms with Gasteiger partial charge in [-0.2, -0.15) is 23.4 Å². The molecule has 1 aliphatic heterocycles. The van der Waals surface area contributed by atoms with E-state index in [4.69, 9.17) is 5.11 Å². The van der Waals surface area contributed by atoms with Crippen LogP contribution < -0.4 is 0 Å². The molecule has 3 heterocycles. The fraction of sp³-hybridized carbons (Fsp3) is 0.500. The van der Waals surface area contributed by atoms with Crippen LogP contribution in [0.2, 0.25) is 0 Å². The van der Waals surface area contributed by atoms with E-state index in [1.807, 2.05) is 0 Å². The normalized spacial score (nSPS) is 15.9. The van der Waals surface area contributed by atoms with Crippen molar-refractivity contribution in [3.63, 3.8) is 0 Å². The quantitative estimate of drug-likeness (QED) is 0.869. The number of hydrogen-bond donors (Lipinski definition) is 1. The van der Waals surface area contributed by atoms with Crippen LogP contribution in [0.1, 0.15) is 40.6 Å². The SMILES string of the molecule is Cc1c(C(=O)O)cnn1C1CCN(C(=O)Cn2ccc(C(F)(F)F)n2)CC1. The standard InChI is InChI=1S/C16H18F3N5O3/c1-10-12(15(26)27)8-20-24(10)11-2-5-22(6-3-11)14(25)9-23-7-4-13(21-23)16(17,18)19/h4,7-8,11H,2-3,5-6,9H2,1H3,(H,26,27). The molecule has 2 aromatic heterocycles. The van der Waals surface area contributed by atoms with Crippen molar-refractivity contribution in [3.8, 4) is 0 Å². The Kier molecular flexibility index (Phi) is 4.94. The zero-order chi connectivity index (χ0) is 19.8. The Morgan fingerprint density at radius 1 is 1.30 bits per heavy atom. The average Bonchev–Trinajstić information content (AvgIpc) is 3.21. The minimum Gasteiger partial charge on any atom is -0.478 e. The van der Waals surface area contributed by atoms with Gasteiger partial charge in [0.2, 0.25) is 5.91 Å². The highest BCUT2D eigenvalue weighted by atomic mass is 19.4. The second-order valence-corrected chi connectivity index (χ2v) is 6.40. The van der Waals surface area contributed by atoms with Gasteiger partial charge in [0, 0.05) is 19.3 Å². The summed E-state index contributed by atoms with van der Waals surface area (Å²) in [6.07, 6.45) is -0.928. The van der Waals surface area contributed by atoms with Crippen LogP contribution in [0.4, 0.5) is 13.2 Å². The first-order valence-electron chi connectivity index (χ1n) is 8.32. The van der Waals surface area contributed by atoms with Crippen LogP contribution in [0.3, 0.4) is 0 Å². The first-order chi connectivity index (χ1) is 12.7. The first-order valence-corrected chi connectivity index (χ1v) is 8.32. The molecule has 1 amide bonds. The number of piperidine rings is 1. The molecule has 0 unspecified atom stereocenters. The highest BCUT2D eigenvalue weighted by Crippen LogP contribution is 2.27. The Bertz CT molecular complexity index is 850. The molecule has 1 saturated heterocycles. The van der Waals surface area contributed by atoms with E-state index in [1.165, 1.54) is 6.20 Å². The maximum absolute atomic E-state index is 12.6. The Morgan fingerprint density at radius 2 is 1.96 bits per heavy atom. The van der Waals surface area contributed by atoms with E-state index in [1.54, 1.807) is 16.5 Å². The lowest BCUT2D eigenvalue weighted by Gasteiger charge is -2.32. The van der Waals surface area contributed by atoms with Crippen molar-refractivity contribution in [2.75, 3.05) is 13.1 Å². The summed E-state index contributed by atoms with van der Waals surface area (Å²) in [6, 6.07) is 0.809. The number of carboxylic acids is 1. The van der Waals surface area contributed by atoms with Crippen LogP contribution in [0.25, 0.3) is 0 Å². The van der Waals surface area contributed by atoms with Gasteiger partial charge in [0.1, 0.15) is 12.1 Å². The lowest BCUT2D eigenvalue weighted by Crippen LogP contribution is -2.41. The topological polar surface area (TPSA) is 93.3 Å². The molecule has 11 heteroatoms. The molecule has 8 nitrogen and oxygen atoms in total. The van der Waals surface area contributed by atoms with E-state index in [0.717, 1.165) is 16.9 Å². The number of likely N-dealkylation sites (tertiary alicyclic amines) is 1. The summed E-state index contributed by atoms with van der Waals surface area (Å²) in [7, 11) is 0. The lowest BCUT2D eigenvalue weighted by atomic mass is 10.0. The number of halogens is 3. The molecule has 0 aromatic carbocycles. The third-order valence-electron chi connectivity index (χ3n) is 4.67. The molecule has 0 bridgehead atoms. The zero-order valence-corrected chi connectivity index (χ0v) is 14.5. The minimum atomic E-state index is -4.54. The van der Waals surface area contributed by atoms with Crippen molar-refractivity contribution in [3.05, 3.63) is 35.4 Å². The highest BCUT2D eigenvalue weighted by molar-refractivity contribution is 5.88. The Morgan fingerprint density at radius 3 is 2.48 bits per heavy atom. The number of hydrogen-bond acceptors (Lipinski definition) is 4. The van der Waals surface area contributed by atoms with Crippen LogP contribution >= 0.6 is 0 Å². The number of carbonyl (C=O) groups excluding carboxylic acids is 1. The second-order valence-electron chi connectivity index (χ2n) is 6.40. The lowest BCUT2D eigenvalue weighted by molar-refractivity contribution is -0.142. The van der Waals surface area contributed by atoms with E-state index in [0.29, 0.717) is 31.6 Å². The van der Waals surface area contributed by atoms with Crippen molar-refractivity contribution in [1.29, 1.82) is 0 Å². The molecule has 0 saturated carbocycles. The number of rotatable bonds is 4.